The van der Waals surface area contributed by atoms with E-state index in [9.17, 15) is 5.11 Å². The van der Waals surface area contributed by atoms with Gasteiger partial charge in [-0.1, -0.05) is 30.7 Å². The second-order valence-electron chi connectivity index (χ2n) is 4.86. The normalized spacial score (nSPS) is 25.5. The van der Waals surface area contributed by atoms with Gasteiger partial charge in [-0.25, -0.2) is 0 Å². The second-order valence-corrected chi connectivity index (χ2v) is 4.86. The van der Waals surface area contributed by atoms with E-state index in [1.165, 1.54) is 11.1 Å². The fraction of sp³-hybridized carbons (Fsp3) is 0.571. The molecule has 0 amide bonds. The van der Waals surface area contributed by atoms with Crippen molar-refractivity contribution < 1.29 is 5.11 Å². The van der Waals surface area contributed by atoms with Crippen LogP contribution in [0.5, 0.6) is 0 Å². The zero-order valence-electron chi connectivity index (χ0n) is 10.4. The van der Waals surface area contributed by atoms with Crippen molar-refractivity contribution in [1.29, 1.82) is 0 Å². The molecule has 0 spiro atoms. The maximum absolute atomic E-state index is 10.8. The van der Waals surface area contributed by atoms with Crippen LogP contribution in [0.3, 0.4) is 0 Å². The molecule has 0 aromatic heterocycles. The van der Waals surface area contributed by atoms with Crippen LogP contribution in [0.25, 0.3) is 0 Å². The second kappa shape index (κ2) is 4.19. The molecule has 2 unspecified atom stereocenters. The van der Waals surface area contributed by atoms with Crippen molar-refractivity contribution in [2.24, 2.45) is 0 Å². The summed E-state index contributed by atoms with van der Waals surface area (Å²) in [5, 5.41) is 14.1. The first-order chi connectivity index (χ1) is 7.58. The highest BCUT2D eigenvalue weighted by molar-refractivity contribution is 5.41. The summed E-state index contributed by atoms with van der Waals surface area (Å²) in [5.41, 5.74) is 2.97. The van der Waals surface area contributed by atoms with Gasteiger partial charge in [0.25, 0.3) is 0 Å². The van der Waals surface area contributed by atoms with Gasteiger partial charge in [0.1, 0.15) is 5.60 Å². The first kappa shape index (κ1) is 11.6. The van der Waals surface area contributed by atoms with Gasteiger partial charge in [-0.2, -0.15) is 0 Å². The fourth-order valence-electron chi connectivity index (χ4n) is 2.70. The van der Waals surface area contributed by atoms with Crippen molar-refractivity contribution >= 4 is 0 Å². The first-order valence-electron chi connectivity index (χ1n) is 6.13. The summed E-state index contributed by atoms with van der Waals surface area (Å²) in [6.07, 6.45) is 1.82. The lowest BCUT2D eigenvalue weighted by Crippen LogP contribution is -2.45. The van der Waals surface area contributed by atoms with Crippen LogP contribution in [0.15, 0.2) is 18.2 Å². The molecule has 0 heterocycles. The zero-order chi connectivity index (χ0) is 11.8. The van der Waals surface area contributed by atoms with Crippen molar-refractivity contribution in [1.82, 2.24) is 5.32 Å². The van der Waals surface area contributed by atoms with Crippen molar-refractivity contribution in [3.05, 3.63) is 34.9 Å². The number of likely N-dealkylation sites (N-methyl/N-ethyl adjacent to an activating group) is 1. The summed E-state index contributed by atoms with van der Waals surface area (Å²) in [6.45, 7) is 7.12. The average molecular weight is 219 g/mol. The van der Waals surface area contributed by atoms with Gasteiger partial charge < -0.3 is 10.4 Å². The predicted molar refractivity (Wildman–Crippen MR) is 66.5 cm³/mol. The minimum atomic E-state index is -0.683. The van der Waals surface area contributed by atoms with Crippen molar-refractivity contribution in [3.63, 3.8) is 0 Å². The molecular formula is C14H21NO. The van der Waals surface area contributed by atoms with E-state index < -0.39 is 5.60 Å². The third kappa shape index (κ3) is 1.76. The largest absolute Gasteiger partial charge is 0.384 e. The van der Waals surface area contributed by atoms with Crippen LogP contribution in [-0.4, -0.2) is 17.7 Å². The van der Waals surface area contributed by atoms with Gasteiger partial charge in [0.2, 0.25) is 0 Å². The molecule has 88 valence electrons. The van der Waals surface area contributed by atoms with Gasteiger partial charge in [-0.05, 0) is 44.4 Å². The maximum atomic E-state index is 10.8. The van der Waals surface area contributed by atoms with Crippen molar-refractivity contribution in [2.75, 3.05) is 6.54 Å². The predicted octanol–water partition coefficient (Wildman–Crippen LogP) is 2.13. The molecule has 0 saturated heterocycles. The molecular weight excluding hydrogens is 198 g/mol. The van der Waals surface area contributed by atoms with Gasteiger partial charge in [0.05, 0.1) is 0 Å². The van der Waals surface area contributed by atoms with Crippen LogP contribution in [0.2, 0.25) is 0 Å². The highest BCUT2D eigenvalue weighted by atomic mass is 16.3. The summed E-state index contributed by atoms with van der Waals surface area (Å²) >= 11 is 0. The number of rotatable bonds is 3. The highest BCUT2D eigenvalue weighted by Gasteiger charge is 2.40. The highest BCUT2D eigenvalue weighted by Crippen LogP contribution is 2.39. The molecule has 1 aliphatic rings. The third-order valence-corrected chi connectivity index (χ3v) is 3.73. The van der Waals surface area contributed by atoms with Crippen LogP contribution in [-0.2, 0) is 12.0 Å². The Morgan fingerprint density at radius 1 is 1.50 bits per heavy atom. The van der Waals surface area contributed by atoms with E-state index in [0.29, 0.717) is 0 Å². The fourth-order valence-corrected chi connectivity index (χ4v) is 2.70. The SMILES string of the molecule is CCNC(C)C1(O)CCc2ccc(C)cc21. The standard InChI is InChI=1S/C14H21NO/c1-4-15-11(3)14(16)8-7-12-6-5-10(2)9-13(12)14/h5-6,9,11,15-16H,4,7-8H2,1-3H3. The van der Waals surface area contributed by atoms with Crippen LogP contribution < -0.4 is 5.32 Å². The molecule has 0 saturated carbocycles. The Balaban J connectivity index is 2.37. The van der Waals surface area contributed by atoms with Crippen LogP contribution >= 0.6 is 0 Å². The zero-order valence-corrected chi connectivity index (χ0v) is 10.4. The Labute approximate surface area is 97.7 Å². The first-order valence-corrected chi connectivity index (χ1v) is 6.13. The lowest BCUT2D eigenvalue weighted by molar-refractivity contribution is 0.00493. The van der Waals surface area contributed by atoms with Gasteiger partial charge in [0.15, 0.2) is 0 Å². The number of nitrogens with one attached hydrogen (secondary N) is 1. The van der Waals surface area contributed by atoms with Gasteiger partial charge in [-0.15, -0.1) is 0 Å². The number of hydrogen-bond acceptors (Lipinski definition) is 2. The van der Waals surface area contributed by atoms with Crippen LogP contribution in [0, 0.1) is 6.92 Å². The number of hydrogen-bond donors (Lipinski definition) is 2. The van der Waals surface area contributed by atoms with E-state index in [0.717, 1.165) is 24.9 Å². The maximum Gasteiger partial charge on any atom is 0.105 e. The van der Waals surface area contributed by atoms with Crippen molar-refractivity contribution in [3.8, 4) is 0 Å². The molecule has 1 aromatic carbocycles. The average Bonchev–Trinajstić information content (AvgIpc) is 2.58. The Morgan fingerprint density at radius 2 is 2.25 bits per heavy atom. The lowest BCUT2D eigenvalue weighted by Gasteiger charge is -2.32. The van der Waals surface area contributed by atoms with E-state index in [2.05, 4.69) is 44.3 Å². The Hall–Kier alpha value is -0.860. The Morgan fingerprint density at radius 3 is 2.94 bits per heavy atom. The molecule has 2 N–H and O–H groups in total. The van der Waals surface area contributed by atoms with E-state index in [1.807, 2.05) is 0 Å². The van der Waals surface area contributed by atoms with Crippen LogP contribution in [0.1, 0.15) is 37.0 Å². The quantitative estimate of drug-likeness (QED) is 0.816. The van der Waals surface area contributed by atoms with E-state index in [4.69, 9.17) is 0 Å². The third-order valence-electron chi connectivity index (χ3n) is 3.73. The minimum absolute atomic E-state index is 0.112. The molecule has 0 bridgehead atoms. The molecule has 1 aliphatic carbocycles. The summed E-state index contributed by atoms with van der Waals surface area (Å²) in [4.78, 5) is 0. The summed E-state index contributed by atoms with van der Waals surface area (Å²) in [5.74, 6) is 0. The molecule has 0 fully saturated rings. The Kier molecular flexibility index (Phi) is 3.04. The molecule has 2 heteroatoms. The molecule has 2 nitrogen and oxygen atoms in total. The van der Waals surface area contributed by atoms with Crippen molar-refractivity contribution in [2.45, 2.75) is 45.3 Å². The topological polar surface area (TPSA) is 32.3 Å². The van der Waals surface area contributed by atoms with Crippen LogP contribution in [0.4, 0.5) is 0 Å². The molecule has 1 aromatic rings. The van der Waals surface area contributed by atoms with E-state index in [1.54, 1.807) is 0 Å². The number of aliphatic hydroxyl groups is 1. The molecule has 0 radical (unpaired) electrons. The number of benzene rings is 1. The number of fused-ring (bicyclic) bond motifs is 1. The molecule has 0 aliphatic heterocycles. The molecule has 16 heavy (non-hydrogen) atoms. The van der Waals surface area contributed by atoms with E-state index >= 15 is 0 Å². The molecule has 2 rings (SSSR count). The summed E-state index contributed by atoms with van der Waals surface area (Å²) in [7, 11) is 0. The smallest absolute Gasteiger partial charge is 0.105 e. The molecule has 2 atom stereocenters. The minimum Gasteiger partial charge on any atom is -0.384 e. The summed E-state index contributed by atoms with van der Waals surface area (Å²) < 4.78 is 0. The number of aryl methyl sites for hydroxylation is 2. The van der Waals surface area contributed by atoms with Gasteiger partial charge in [-0.3, -0.25) is 0 Å². The monoisotopic (exact) mass is 219 g/mol. The van der Waals surface area contributed by atoms with Gasteiger partial charge in [0, 0.05) is 6.04 Å². The van der Waals surface area contributed by atoms with E-state index in [-0.39, 0.29) is 6.04 Å². The summed E-state index contributed by atoms with van der Waals surface area (Å²) in [6, 6.07) is 6.53. The van der Waals surface area contributed by atoms with Gasteiger partial charge >= 0.3 is 0 Å². The lowest BCUT2D eigenvalue weighted by atomic mass is 9.88. The Bertz CT molecular complexity index is 388.